The lowest BCUT2D eigenvalue weighted by molar-refractivity contribution is -0.136. The predicted octanol–water partition coefficient (Wildman–Crippen LogP) is 3.34. The van der Waals surface area contributed by atoms with Crippen LogP contribution in [0.25, 0.3) is 11.1 Å². The molecule has 3 nitrogen and oxygen atoms in total. The van der Waals surface area contributed by atoms with Gasteiger partial charge in [0.25, 0.3) is 0 Å². The Bertz CT molecular complexity index is 576. The molecule has 0 atom stereocenters. The van der Waals surface area contributed by atoms with Crippen LogP contribution in [0, 0.1) is 0 Å². The van der Waals surface area contributed by atoms with Crippen molar-refractivity contribution in [3.05, 3.63) is 53.1 Å². The third kappa shape index (κ3) is 2.81. The molecule has 92 valence electrons. The lowest BCUT2D eigenvalue weighted by Gasteiger charge is -2.06. The van der Waals surface area contributed by atoms with Gasteiger partial charge in [-0.05, 0) is 34.9 Å². The topological polar surface area (TPSA) is 57.5 Å². The number of phenols is 1. The highest BCUT2D eigenvalue weighted by Gasteiger charge is 2.07. The van der Waals surface area contributed by atoms with Crippen LogP contribution in [0.1, 0.15) is 5.56 Å². The Balaban J connectivity index is 2.33. The summed E-state index contributed by atoms with van der Waals surface area (Å²) < 4.78 is 0. The van der Waals surface area contributed by atoms with E-state index in [1.54, 1.807) is 36.4 Å². The molecule has 0 aromatic heterocycles. The van der Waals surface area contributed by atoms with Crippen LogP contribution in [-0.2, 0) is 11.2 Å². The van der Waals surface area contributed by atoms with Crippen molar-refractivity contribution >= 4 is 17.6 Å². The Labute approximate surface area is 109 Å². The molecule has 0 fully saturated rings. The number of phenolic OH excluding ortho intramolecular Hbond substituents is 1. The quantitative estimate of drug-likeness (QED) is 0.892. The van der Waals surface area contributed by atoms with Gasteiger partial charge in [0.2, 0.25) is 0 Å². The number of aromatic hydroxyl groups is 1. The minimum absolute atomic E-state index is 0.0886. The fourth-order valence-electron chi connectivity index (χ4n) is 1.69. The van der Waals surface area contributed by atoms with E-state index in [1.165, 1.54) is 0 Å². The molecule has 0 saturated carbocycles. The van der Waals surface area contributed by atoms with Crippen LogP contribution in [0.3, 0.4) is 0 Å². The molecule has 0 amide bonds. The number of halogens is 1. The monoisotopic (exact) mass is 262 g/mol. The zero-order valence-electron chi connectivity index (χ0n) is 9.43. The van der Waals surface area contributed by atoms with Crippen LogP contribution >= 0.6 is 11.6 Å². The van der Waals surface area contributed by atoms with Crippen LogP contribution in [0.5, 0.6) is 5.75 Å². The van der Waals surface area contributed by atoms with Gasteiger partial charge in [-0.3, -0.25) is 4.79 Å². The van der Waals surface area contributed by atoms with Crippen LogP contribution in [-0.4, -0.2) is 16.2 Å². The van der Waals surface area contributed by atoms with Crippen molar-refractivity contribution in [2.24, 2.45) is 0 Å². The number of rotatable bonds is 3. The average molecular weight is 263 g/mol. The molecule has 0 aliphatic carbocycles. The molecule has 2 N–H and O–H groups in total. The summed E-state index contributed by atoms with van der Waals surface area (Å²) in [7, 11) is 0. The van der Waals surface area contributed by atoms with E-state index < -0.39 is 5.97 Å². The molecule has 0 bridgehead atoms. The van der Waals surface area contributed by atoms with Crippen molar-refractivity contribution in [1.82, 2.24) is 0 Å². The van der Waals surface area contributed by atoms with Gasteiger partial charge in [0.1, 0.15) is 5.75 Å². The summed E-state index contributed by atoms with van der Waals surface area (Å²) in [6, 6.07) is 12.0. The number of carboxylic acids is 1. The van der Waals surface area contributed by atoms with Gasteiger partial charge >= 0.3 is 5.97 Å². The second-order valence-corrected chi connectivity index (χ2v) is 4.33. The first kappa shape index (κ1) is 12.5. The van der Waals surface area contributed by atoms with E-state index in [1.807, 2.05) is 6.07 Å². The molecule has 0 saturated heterocycles. The molecule has 0 unspecified atom stereocenters. The molecule has 2 aromatic rings. The minimum atomic E-state index is -0.908. The molecule has 4 heteroatoms. The largest absolute Gasteiger partial charge is 0.508 e. The molecule has 0 heterocycles. The van der Waals surface area contributed by atoms with Crippen molar-refractivity contribution in [3.63, 3.8) is 0 Å². The Morgan fingerprint density at radius 3 is 2.22 bits per heavy atom. The van der Waals surface area contributed by atoms with Gasteiger partial charge in [0.05, 0.1) is 6.42 Å². The maximum absolute atomic E-state index is 10.6. The highest BCUT2D eigenvalue weighted by Crippen LogP contribution is 2.27. The van der Waals surface area contributed by atoms with Crippen molar-refractivity contribution < 1.29 is 15.0 Å². The van der Waals surface area contributed by atoms with Gasteiger partial charge < -0.3 is 10.2 Å². The van der Waals surface area contributed by atoms with Gasteiger partial charge in [-0.1, -0.05) is 35.9 Å². The summed E-state index contributed by atoms with van der Waals surface area (Å²) in [5, 5.41) is 18.4. The minimum Gasteiger partial charge on any atom is -0.508 e. The SMILES string of the molecule is O=C(O)Cc1ccc(-c2ccc(O)cc2)cc1Cl. The lowest BCUT2D eigenvalue weighted by Crippen LogP contribution is -2.00. The average Bonchev–Trinajstić information content (AvgIpc) is 2.32. The molecular weight excluding hydrogens is 252 g/mol. The number of carbonyl (C=O) groups is 1. The Kier molecular flexibility index (Phi) is 3.53. The van der Waals surface area contributed by atoms with Crippen LogP contribution < -0.4 is 0 Å². The Morgan fingerprint density at radius 2 is 1.67 bits per heavy atom. The Hall–Kier alpha value is -2.00. The Morgan fingerprint density at radius 1 is 1.06 bits per heavy atom. The number of carboxylic acid groups (broad SMARTS) is 1. The van der Waals surface area contributed by atoms with E-state index in [0.717, 1.165) is 11.1 Å². The molecular formula is C14H11ClO3. The smallest absolute Gasteiger partial charge is 0.307 e. The van der Waals surface area contributed by atoms with Crippen molar-refractivity contribution in [2.45, 2.75) is 6.42 Å². The highest BCUT2D eigenvalue weighted by molar-refractivity contribution is 6.31. The molecule has 0 spiro atoms. The summed E-state index contributed by atoms with van der Waals surface area (Å²) in [5.74, 6) is -0.707. The molecule has 2 rings (SSSR count). The fourth-order valence-corrected chi connectivity index (χ4v) is 1.93. The maximum Gasteiger partial charge on any atom is 0.307 e. The van der Waals surface area contributed by atoms with E-state index >= 15 is 0 Å². The number of benzene rings is 2. The molecule has 0 aliphatic rings. The molecule has 18 heavy (non-hydrogen) atoms. The van der Waals surface area contributed by atoms with Crippen LogP contribution in [0.4, 0.5) is 0 Å². The number of hydrogen-bond acceptors (Lipinski definition) is 2. The first-order valence-electron chi connectivity index (χ1n) is 5.36. The molecule has 0 radical (unpaired) electrons. The normalized spacial score (nSPS) is 10.3. The molecule has 0 aliphatic heterocycles. The number of hydrogen-bond donors (Lipinski definition) is 2. The van der Waals surface area contributed by atoms with Gasteiger partial charge in [-0.25, -0.2) is 0 Å². The summed E-state index contributed by atoms with van der Waals surface area (Å²) in [5.41, 5.74) is 2.39. The summed E-state index contributed by atoms with van der Waals surface area (Å²) in [6.07, 6.45) is -0.0886. The molecule has 2 aromatic carbocycles. The standard InChI is InChI=1S/C14H11ClO3/c15-13-7-10(1-2-11(13)8-14(17)18)9-3-5-12(16)6-4-9/h1-7,16H,8H2,(H,17,18). The van der Waals surface area contributed by atoms with Crippen molar-refractivity contribution in [3.8, 4) is 16.9 Å². The van der Waals surface area contributed by atoms with E-state index in [2.05, 4.69) is 0 Å². The van der Waals surface area contributed by atoms with Gasteiger partial charge in [-0.2, -0.15) is 0 Å². The van der Waals surface area contributed by atoms with Crippen LogP contribution in [0.2, 0.25) is 5.02 Å². The van der Waals surface area contributed by atoms with Crippen LogP contribution in [0.15, 0.2) is 42.5 Å². The third-order valence-electron chi connectivity index (χ3n) is 2.60. The zero-order valence-corrected chi connectivity index (χ0v) is 10.2. The predicted molar refractivity (Wildman–Crippen MR) is 69.9 cm³/mol. The van der Waals surface area contributed by atoms with Crippen molar-refractivity contribution in [2.75, 3.05) is 0 Å². The first-order chi connectivity index (χ1) is 8.56. The van der Waals surface area contributed by atoms with Gasteiger partial charge in [0.15, 0.2) is 0 Å². The lowest BCUT2D eigenvalue weighted by atomic mass is 10.0. The summed E-state index contributed by atoms with van der Waals surface area (Å²) in [4.78, 5) is 10.6. The van der Waals surface area contributed by atoms with E-state index in [-0.39, 0.29) is 12.2 Å². The zero-order chi connectivity index (χ0) is 13.1. The van der Waals surface area contributed by atoms with Crippen molar-refractivity contribution in [1.29, 1.82) is 0 Å². The maximum atomic E-state index is 10.6. The summed E-state index contributed by atoms with van der Waals surface area (Å²) in [6.45, 7) is 0. The second kappa shape index (κ2) is 5.10. The number of aliphatic carboxylic acids is 1. The van der Waals surface area contributed by atoms with Gasteiger partial charge in [-0.15, -0.1) is 0 Å². The summed E-state index contributed by atoms with van der Waals surface area (Å²) >= 11 is 6.04. The van der Waals surface area contributed by atoms with E-state index in [4.69, 9.17) is 16.7 Å². The first-order valence-corrected chi connectivity index (χ1v) is 5.73. The van der Waals surface area contributed by atoms with Gasteiger partial charge in [0, 0.05) is 5.02 Å². The van der Waals surface area contributed by atoms with E-state index in [9.17, 15) is 9.90 Å². The third-order valence-corrected chi connectivity index (χ3v) is 2.95. The van der Waals surface area contributed by atoms with E-state index in [0.29, 0.717) is 10.6 Å². The highest BCUT2D eigenvalue weighted by atomic mass is 35.5. The second-order valence-electron chi connectivity index (χ2n) is 3.92. The fraction of sp³-hybridized carbons (Fsp3) is 0.0714.